The zero-order chi connectivity index (χ0) is 13.1. The van der Waals surface area contributed by atoms with E-state index in [9.17, 15) is 5.11 Å². The van der Waals surface area contributed by atoms with Gasteiger partial charge in [-0.15, -0.1) is 0 Å². The average Bonchev–Trinajstić information content (AvgIpc) is 2.46. The van der Waals surface area contributed by atoms with Gasteiger partial charge in [0.2, 0.25) is 0 Å². The van der Waals surface area contributed by atoms with Gasteiger partial charge in [-0.05, 0) is 60.2 Å². The summed E-state index contributed by atoms with van der Waals surface area (Å²) in [5.41, 5.74) is 3.38. The second-order valence-corrected chi connectivity index (χ2v) is 4.91. The van der Waals surface area contributed by atoms with Crippen molar-refractivity contribution in [3.8, 4) is 5.75 Å². The summed E-state index contributed by atoms with van der Waals surface area (Å²) in [5, 5.41) is 9.91. The molecular formula is C16H17NO2. The molecule has 98 valence electrons. The Hall–Kier alpha value is -1.87. The van der Waals surface area contributed by atoms with Crippen LogP contribution in [0.4, 0.5) is 0 Å². The Morgan fingerprint density at radius 3 is 2.89 bits per heavy atom. The molecule has 0 spiro atoms. The zero-order valence-electron chi connectivity index (χ0n) is 10.7. The molecule has 2 aromatic rings. The van der Waals surface area contributed by atoms with Crippen molar-refractivity contribution >= 4 is 0 Å². The van der Waals surface area contributed by atoms with Crippen LogP contribution in [0.1, 0.15) is 35.6 Å². The summed E-state index contributed by atoms with van der Waals surface area (Å²) >= 11 is 0. The van der Waals surface area contributed by atoms with Crippen LogP contribution in [0.15, 0.2) is 42.7 Å². The van der Waals surface area contributed by atoms with Gasteiger partial charge in [-0.1, -0.05) is 6.07 Å². The maximum atomic E-state index is 9.91. The van der Waals surface area contributed by atoms with Gasteiger partial charge in [0, 0.05) is 12.4 Å². The van der Waals surface area contributed by atoms with Gasteiger partial charge in [0.05, 0.1) is 6.10 Å². The smallest absolute Gasteiger partial charge is 0.120 e. The van der Waals surface area contributed by atoms with E-state index in [-0.39, 0.29) is 6.10 Å². The van der Waals surface area contributed by atoms with Crippen LogP contribution in [0.2, 0.25) is 0 Å². The fraction of sp³-hybridized carbons (Fsp3) is 0.312. The number of rotatable bonds is 3. The van der Waals surface area contributed by atoms with Gasteiger partial charge >= 0.3 is 0 Å². The molecule has 1 heterocycles. The van der Waals surface area contributed by atoms with Crippen molar-refractivity contribution in [3.63, 3.8) is 0 Å². The van der Waals surface area contributed by atoms with Gasteiger partial charge in [-0.3, -0.25) is 4.98 Å². The highest BCUT2D eigenvalue weighted by Gasteiger charge is 2.17. The van der Waals surface area contributed by atoms with Crippen molar-refractivity contribution in [3.05, 3.63) is 59.4 Å². The third-order valence-corrected chi connectivity index (χ3v) is 3.55. The molecule has 0 radical (unpaired) electrons. The Labute approximate surface area is 112 Å². The van der Waals surface area contributed by atoms with Crippen molar-refractivity contribution in [1.82, 2.24) is 4.98 Å². The molecule has 1 aromatic heterocycles. The van der Waals surface area contributed by atoms with E-state index in [0.29, 0.717) is 6.61 Å². The lowest BCUT2D eigenvalue weighted by molar-refractivity contribution is 0.156. The van der Waals surface area contributed by atoms with Gasteiger partial charge in [-0.25, -0.2) is 0 Å². The highest BCUT2D eigenvalue weighted by Crippen LogP contribution is 2.32. The third-order valence-electron chi connectivity index (χ3n) is 3.55. The number of ether oxygens (including phenoxy) is 1. The first kappa shape index (κ1) is 12.2. The Kier molecular flexibility index (Phi) is 3.47. The quantitative estimate of drug-likeness (QED) is 0.916. The lowest BCUT2D eigenvalue weighted by Gasteiger charge is -2.21. The minimum Gasteiger partial charge on any atom is -0.489 e. The first-order valence-corrected chi connectivity index (χ1v) is 6.65. The molecule has 1 unspecified atom stereocenters. The molecule has 0 saturated heterocycles. The molecule has 3 rings (SSSR count). The number of aliphatic hydroxyl groups is 1. The third kappa shape index (κ3) is 2.76. The minimum atomic E-state index is -0.307. The first-order chi connectivity index (χ1) is 9.33. The molecule has 1 atom stereocenters. The van der Waals surface area contributed by atoms with E-state index in [1.165, 1.54) is 5.56 Å². The van der Waals surface area contributed by atoms with Crippen LogP contribution in [-0.2, 0) is 13.0 Å². The van der Waals surface area contributed by atoms with Crippen molar-refractivity contribution < 1.29 is 9.84 Å². The Morgan fingerprint density at radius 1 is 1.21 bits per heavy atom. The number of fused-ring (bicyclic) bond motifs is 1. The van der Waals surface area contributed by atoms with E-state index < -0.39 is 0 Å². The summed E-state index contributed by atoms with van der Waals surface area (Å²) < 4.78 is 5.78. The predicted molar refractivity (Wildman–Crippen MR) is 72.9 cm³/mol. The summed E-state index contributed by atoms with van der Waals surface area (Å²) in [7, 11) is 0. The van der Waals surface area contributed by atoms with E-state index in [0.717, 1.165) is 36.1 Å². The van der Waals surface area contributed by atoms with Crippen LogP contribution in [0.5, 0.6) is 5.75 Å². The zero-order valence-corrected chi connectivity index (χ0v) is 10.7. The topological polar surface area (TPSA) is 42.4 Å². The number of aliphatic hydroxyl groups excluding tert-OH is 1. The second-order valence-electron chi connectivity index (χ2n) is 4.91. The minimum absolute atomic E-state index is 0.307. The highest BCUT2D eigenvalue weighted by atomic mass is 16.5. The van der Waals surface area contributed by atoms with Crippen LogP contribution in [-0.4, -0.2) is 10.1 Å². The normalized spacial score (nSPS) is 17.8. The molecule has 1 aliphatic rings. The Morgan fingerprint density at radius 2 is 2.05 bits per heavy atom. The molecule has 1 N–H and O–H groups in total. The van der Waals surface area contributed by atoms with Gasteiger partial charge in [0.25, 0.3) is 0 Å². The standard InChI is InChI=1S/C16H17NO2/c18-16-3-1-2-13-10-14(4-5-15(13)16)19-11-12-6-8-17-9-7-12/h4-10,16,18H,1-3,11H2. The fourth-order valence-corrected chi connectivity index (χ4v) is 2.50. The lowest BCUT2D eigenvalue weighted by atomic mass is 9.89. The molecule has 0 amide bonds. The predicted octanol–water partition coefficient (Wildman–Crippen LogP) is 3.03. The maximum Gasteiger partial charge on any atom is 0.120 e. The first-order valence-electron chi connectivity index (χ1n) is 6.65. The number of benzene rings is 1. The number of aromatic nitrogens is 1. The molecular weight excluding hydrogens is 238 g/mol. The van der Waals surface area contributed by atoms with E-state index >= 15 is 0 Å². The monoisotopic (exact) mass is 255 g/mol. The summed E-state index contributed by atoms with van der Waals surface area (Å²) in [6.07, 6.45) is 6.16. The number of aryl methyl sites for hydroxylation is 1. The molecule has 0 fully saturated rings. The van der Waals surface area contributed by atoms with Crippen molar-refractivity contribution in [2.24, 2.45) is 0 Å². The average molecular weight is 255 g/mol. The molecule has 0 aliphatic heterocycles. The van der Waals surface area contributed by atoms with Crippen LogP contribution in [0.3, 0.4) is 0 Å². The second kappa shape index (κ2) is 5.41. The molecule has 3 heteroatoms. The Bertz CT molecular complexity index is 554. The molecule has 3 nitrogen and oxygen atoms in total. The van der Waals surface area contributed by atoms with E-state index in [4.69, 9.17) is 4.74 Å². The van der Waals surface area contributed by atoms with Gasteiger partial charge in [0.15, 0.2) is 0 Å². The largest absolute Gasteiger partial charge is 0.489 e. The van der Waals surface area contributed by atoms with Crippen molar-refractivity contribution in [2.75, 3.05) is 0 Å². The molecule has 0 bridgehead atoms. The van der Waals surface area contributed by atoms with Crippen LogP contribution >= 0.6 is 0 Å². The van der Waals surface area contributed by atoms with Crippen molar-refractivity contribution in [2.45, 2.75) is 32.0 Å². The lowest BCUT2D eigenvalue weighted by Crippen LogP contribution is -2.09. The molecule has 19 heavy (non-hydrogen) atoms. The van der Waals surface area contributed by atoms with Gasteiger partial charge < -0.3 is 9.84 Å². The van der Waals surface area contributed by atoms with Crippen LogP contribution in [0.25, 0.3) is 0 Å². The fourth-order valence-electron chi connectivity index (χ4n) is 2.50. The van der Waals surface area contributed by atoms with Gasteiger partial charge in [-0.2, -0.15) is 0 Å². The molecule has 1 aliphatic carbocycles. The molecule has 0 saturated carbocycles. The van der Waals surface area contributed by atoms with Crippen molar-refractivity contribution in [1.29, 1.82) is 0 Å². The number of hydrogen-bond acceptors (Lipinski definition) is 3. The highest BCUT2D eigenvalue weighted by molar-refractivity contribution is 5.38. The molecule has 1 aromatic carbocycles. The summed E-state index contributed by atoms with van der Waals surface area (Å²) in [4.78, 5) is 3.98. The summed E-state index contributed by atoms with van der Waals surface area (Å²) in [5.74, 6) is 0.865. The van der Waals surface area contributed by atoms with Gasteiger partial charge in [0.1, 0.15) is 12.4 Å². The number of pyridine rings is 1. The SMILES string of the molecule is OC1CCCc2cc(OCc3ccncc3)ccc21. The summed E-state index contributed by atoms with van der Waals surface area (Å²) in [6, 6.07) is 9.87. The van der Waals surface area contributed by atoms with Crippen LogP contribution < -0.4 is 4.74 Å². The van der Waals surface area contributed by atoms with E-state index in [1.54, 1.807) is 12.4 Å². The number of hydrogen-bond donors (Lipinski definition) is 1. The summed E-state index contributed by atoms with van der Waals surface area (Å²) in [6.45, 7) is 0.545. The maximum absolute atomic E-state index is 9.91. The van der Waals surface area contributed by atoms with E-state index in [1.807, 2.05) is 24.3 Å². The van der Waals surface area contributed by atoms with Crippen LogP contribution in [0, 0.1) is 0 Å². The number of nitrogens with zero attached hydrogens (tertiary/aromatic N) is 1. The Balaban J connectivity index is 1.72. The van der Waals surface area contributed by atoms with E-state index in [2.05, 4.69) is 11.1 Å².